The Bertz CT molecular complexity index is 1070. The number of carbonyl (C=O) groups excluding carboxylic acids is 1. The summed E-state index contributed by atoms with van der Waals surface area (Å²) in [6, 6.07) is 0. The van der Waals surface area contributed by atoms with E-state index < -0.39 is 13.9 Å². The highest BCUT2D eigenvalue weighted by Crippen LogP contribution is 2.43. The van der Waals surface area contributed by atoms with Crippen LogP contribution in [0.15, 0.2) is 48.8 Å². The number of phosphoric ester groups is 1. The third kappa shape index (κ3) is 33.6. The average Bonchev–Trinajstić information content (AvgIpc) is 3.88. The zero-order chi connectivity index (χ0) is 39.6. The summed E-state index contributed by atoms with van der Waals surface area (Å²) in [5, 5.41) is 0. The van der Waals surface area contributed by atoms with Crippen molar-refractivity contribution >= 4 is 13.8 Å². The lowest BCUT2D eigenvalue weighted by molar-refractivity contribution is -0.870. The van der Waals surface area contributed by atoms with Gasteiger partial charge in [-0.1, -0.05) is 134 Å². The molecule has 0 aromatic rings. The second kappa shape index (κ2) is 33.4. The maximum atomic E-state index is 12.5. The van der Waals surface area contributed by atoms with E-state index in [1.165, 1.54) is 96.3 Å². The Morgan fingerprint density at radius 3 is 1.85 bits per heavy atom. The van der Waals surface area contributed by atoms with Gasteiger partial charge in [-0.15, -0.1) is 0 Å². The third-order valence-electron chi connectivity index (χ3n) is 9.38. The van der Waals surface area contributed by atoms with Crippen molar-refractivity contribution in [2.75, 3.05) is 47.5 Å². The highest BCUT2D eigenvalue weighted by molar-refractivity contribution is 7.47. The molecule has 1 fully saturated rings. The molecule has 0 amide bonds. The molecule has 0 spiro atoms. The zero-order valence-corrected chi connectivity index (χ0v) is 36.0. The number of phosphoric acid groups is 1. The van der Waals surface area contributed by atoms with Crippen LogP contribution in [0.2, 0.25) is 0 Å². The first kappa shape index (κ1) is 50.3. The molecule has 1 rings (SSSR count). The van der Waals surface area contributed by atoms with Crippen LogP contribution < -0.4 is 0 Å². The molecular formula is C44H81NO8P+. The van der Waals surface area contributed by atoms with Gasteiger partial charge in [0.15, 0.2) is 6.10 Å². The molecule has 1 N–H and O–H groups in total. The Labute approximate surface area is 331 Å². The van der Waals surface area contributed by atoms with Crippen LogP contribution >= 0.6 is 7.82 Å². The van der Waals surface area contributed by atoms with Gasteiger partial charge in [-0.2, -0.15) is 0 Å². The van der Waals surface area contributed by atoms with Gasteiger partial charge in [0.25, 0.3) is 0 Å². The molecule has 9 nitrogen and oxygen atoms in total. The SMILES string of the molecule is CCCCC/C=C\CC1OC1C/C=C\C/C=C\CCCC(=O)OC[C@H](COP(=O)(O)OCC[N+](C)(C)C)O/C=C/CCCCCCCCCCCCCC. The number of epoxide rings is 1. The first-order valence-corrected chi connectivity index (χ1v) is 23.0. The van der Waals surface area contributed by atoms with Gasteiger partial charge >= 0.3 is 13.8 Å². The highest BCUT2D eigenvalue weighted by atomic mass is 31.2. The topological polar surface area (TPSA) is 104 Å². The van der Waals surface area contributed by atoms with Gasteiger partial charge in [-0.25, -0.2) is 4.57 Å². The first-order chi connectivity index (χ1) is 26.1. The van der Waals surface area contributed by atoms with Crippen LogP contribution in [0.3, 0.4) is 0 Å². The quantitative estimate of drug-likeness (QED) is 0.0126. The summed E-state index contributed by atoms with van der Waals surface area (Å²) >= 11 is 0. The second-order valence-electron chi connectivity index (χ2n) is 15.8. The normalized spacial score (nSPS) is 18.0. The van der Waals surface area contributed by atoms with E-state index in [0.717, 1.165) is 38.5 Å². The molecule has 1 aliphatic rings. The number of esters is 1. The largest absolute Gasteiger partial charge is 0.492 e. The van der Waals surface area contributed by atoms with Crippen LogP contribution in [-0.2, 0) is 32.6 Å². The molecule has 0 radical (unpaired) electrons. The van der Waals surface area contributed by atoms with Crippen molar-refractivity contribution in [3.63, 3.8) is 0 Å². The zero-order valence-electron chi connectivity index (χ0n) is 35.1. The maximum absolute atomic E-state index is 12.5. The van der Waals surface area contributed by atoms with Gasteiger partial charge in [0, 0.05) is 6.42 Å². The average molecular weight is 783 g/mol. The number of hydrogen-bond acceptors (Lipinski definition) is 7. The minimum atomic E-state index is -4.28. The maximum Gasteiger partial charge on any atom is 0.472 e. The van der Waals surface area contributed by atoms with Crippen LogP contribution in [0.5, 0.6) is 0 Å². The lowest BCUT2D eigenvalue weighted by Gasteiger charge is -2.24. The fraction of sp³-hybridized carbons (Fsp3) is 0.795. The highest BCUT2D eigenvalue weighted by Gasteiger charge is 2.36. The summed E-state index contributed by atoms with van der Waals surface area (Å²) in [5.41, 5.74) is 0. The van der Waals surface area contributed by atoms with E-state index in [1.807, 2.05) is 27.2 Å². The fourth-order valence-corrected chi connectivity index (χ4v) is 6.55. The number of carbonyl (C=O) groups is 1. The molecule has 0 saturated carbocycles. The molecule has 1 aliphatic heterocycles. The second-order valence-corrected chi connectivity index (χ2v) is 17.3. The summed E-state index contributed by atoms with van der Waals surface area (Å²) in [6.07, 6.45) is 42.8. The predicted octanol–water partition coefficient (Wildman–Crippen LogP) is 11.7. The van der Waals surface area contributed by atoms with E-state index in [4.69, 9.17) is 23.3 Å². The lowest BCUT2D eigenvalue weighted by Crippen LogP contribution is -2.37. The summed E-state index contributed by atoms with van der Waals surface area (Å²) in [4.78, 5) is 22.6. The number of nitrogens with zero attached hydrogens (tertiary/aromatic N) is 1. The smallest absolute Gasteiger partial charge is 0.472 e. The van der Waals surface area contributed by atoms with Crippen molar-refractivity contribution in [1.82, 2.24) is 0 Å². The Balaban J connectivity index is 2.29. The van der Waals surface area contributed by atoms with Gasteiger partial charge in [-0.05, 0) is 63.9 Å². The molecule has 0 aliphatic carbocycles. The molecule has 1 heterocycles. The molecule has 4 atom stereocenters. The number of unbranched alkanes of at least 4 members (excludes halogenated alkanes) is 16. The number of rotatable bonds is 38. The van der Waals surface area contributed by atoms with Crippen LogP contribution in [0.25, 0.3) is 0 Å². The minimum Gasteiger partial charge on any atom is -0.492 e. The molecule has 0 bridgehead atoms. The molecule has 0 aromatic heterocycles. The van der Waals surface area contributed by atoms with Crippen LogP contribution in [0.1, 0.15) is 162 Å². The van der Waals surface area contributed by atoms with Gasteiger partial charge in [0.05, 0.1) is 46.2 Å². The first-order valence-electron chi connectivity index (χ1n) is 21.5. The van der Waals surface area contributed by atoms with E-state index in [1.54, 1.807) is 6.26 Å². The summed E-state index contributed by atoms with van der Waals surface area (Å²) in [6.45, 7) is 4.79. The van der Waals surface area contributed by atoms with Crippen molar-refractivity contribution < 1.29 is 42.0 Å². The number of quaternary nitrogens is 1. The molecule has 3 unspecified atom stereocenters. The van der Waals surface area contributed by atoms with Gasteiger partial charge in [-0.3, -0.25) is 13.8 Å². The third-order valence-corrected chi connectivity index (χ3v) is 10.4. The number of likely N-dealkylation sites (N-methyl/N-ethyl adjacent to an activating group) is 1. The van der Waals surface area contributed by atoms with Gasteiger partial charge in [0.1, 0.15) is 19.8 Å². The predicted molar refractivity (Wildman–Crippen MR) is 223 cm³/mol. The Hall–Kier alpha value is -1.74. The Morgan fingerprint density at radius 1 is 0.685 bits per heavy atom. The van der Waals surface area contributed by atoms with Crippen LogP contribution in [0.4, 0.5) is 0 Å². The van der Waals surface area contributed by atoms with Crippen molar-refractivity contribution in [3.8, 4) is 0 Å². The van der Waals surface area contributed by atoms with Crippen molar-refractivity contribution in [1.29, 1.82) is 0 Å². The van der Waals surface area contributed by atoms with Gasteiger partial charge < -0.3 is 23.6 Å². The summed E-state index contributed by atoms with van der Waals surface area (Å²) < 4.78 is 40.4. The van der Waals surface area contributed by atoms with E-state index in [9.17, 15) is 14.3 Å². The van der Waals surface area contributed by atoms with Crippen LogP contribution in [-0.4, -0.2) is 81.2 Å². The standard InChI is InChI=1S/C44H80NO8P/c1-6-8-10-12-14-15-16-17-18-19-20-24-28-32-37-49-41(40-52-54(47,48)51-38-36-45(3,4)5)39-50-44(46)35-31-27-23-21-22-26-30-34-43-42(53-43)33-29-25-13-11-9-7-2/h21,23,25-26,29-30,32,37,41-43H,6-20,22,24,27-28,31,33-36,38-40H2,1-5H3/p+1/b23-21-,29-25-,30-26-,37-32+/t41-,42?,43?/m1/s1. The summed E-state index contributed by atoms with van der Waals surface area (Å²) in [7, 11) is 1.63. The van der Waals surface area contributed by atoms with E-state index in [0.29, 0.717) is 29.7 Å². The van der Waals surface area contributed by atoms with Crippen molar-refractivity contribution in [3.05, 3.63) is 48.8 Å². The van der Waals surface area contributed by atoms with E-state index in [2.05, 4.69) is 50.3 Å². The number of ether oxygens (including phenoxy) is 3. The molecule has 1 saturated heterocycles. The molecular weight excluding hydrogens is 701 g/mol. The minimum absolute atomic E-state index is 0.0781. The van der Waals surface area contributed by atoms with E-state index >= 15 is 0 Å². The number of allylic oxidation sites excluding steroid dienone is 5. The van der Waals surface area contributed by atoms with Crippen molar-refractivity contribution in [2.24, 2.45) is 0 Å². The fourth-order valence-electron chi connectivity index (χ4n) is 5.80. The van der Waals surface area contributed by atoms with Crippen LogP contribution in [0, 0.1) is 0 Å². The Kier molecular flexibility index (Phi) is 31.1. The van der Waals surface area contributed by atoms with Crippen molar-refractivity contribution in [2.45, 2.75) is 180 Å². The molecule has 314 valence electrons. The monoisotopic (exact) mass is 783 g/mol. The van der Waals surface area contributed by atoms with E-state index in [-0.39, 0.29) is 32.2 Å². The molecule has 0 aromatic carbocycles. The molecule has 54 heavy (non-hydrogen) atoms. The Morgan fingerprint density at radius 2 is 1.20 bits per heavy atom. The lowest BCUT2D eigenvalue weighted by atomic mass is 10.0. The number of hydrogen-bond donors (Lipinski definition) is 1. The molecule has 10 heteroatoms. The van der Waals surface area contributed by atoms with Gasteiger partial charge in [0.2, 0.25) is 0 Å². The summed E-state index contributed by atoms with van der Waals surface area (Å²) in [5.74, 6) is -0.335.